The highest BCUT2D eigenvalue weighted by molar-refractivity contribution is 5.89. The lowest BCUT2D eigenvalue weighted by Gasteiger charge is -2.20. The summed E-state index contributed by atoms with van der Waals surface area (Å²) in [4.78, 5) is 24.1. The number of carbonyl (C=O) groups excluding carboxylic acids is 2. The third kappa shape index (κ3) is 10.3. The van der Waals surface area contributed by atoms with Gasteiger partial charge in [-0.3, -0.25) is 4.79 Å². The molecule has 2 atom stereocenters. The van der Waals surface area contributed by atoms with Gasteiger partial charge in [0.1, 0.15) is 12.5 Å². The number of carbonyl (C=O) groups is 2. The fourth-order valence-corrected chi connectivity index (χ4v) is 4.63. The van der Waals surface area contributed by atoms with Gasteiger partial charge in [0.15, 0.2) is 0 Å². The van der Waals surface area contributed by atoms with Crippen LogP contribution in [0.1, 0.15) is 64.7 Å². The number of aliphatic hydroxyl groups is 2. The molecule has 6 heteroatoms. The van der Waals surface area contributed by atoms with E-state index in [0.29, 0.717) is 18.4 Å². The van der Waals surface area contributed by atoms with E-state index >= 15 is 0 Å². The van der Waals surface area contributed by atoms with E-state index in [2.05, 4.69) is 12.1 Å². The molecule has 2 N–H and O–H groups in total. The van der Waals surface area contributed by atoms with Crippen molar-refractivity contribution < 1.29 is 29.3 Å². The highest BCUT2D eigenvalue weighted by Crippen LogP contribution is 2.17. The molecule has 3 rings (SSSR count). The van der Waals surface area contributed by atoms with E-state index in [-0.39, 0.29) is 12.6 Å². The highest BCUT2D eigenvalue weighted by atomic mass is 16.5. The summed E-state index contributed by atoms with van der Waals surface area (Å²) >= 11 is 0. The van der Waals surface area contributed by atoms with E-state index in [0.717, 1.165) is 55.2 Å². The first-order chi connectivity index (χ1) is 19.0. The Bertz CT molecular complexity index is 1160. The van der Waals surface area contributed by atoms with Crippen molar-refractivity contribution >= 4 is 11.9 Å². The Hall–Kier alpha value is -3.48. The Morgan fingerprint density at radius 1 is 0.744 bits per heavy atom. The topological polar surface area (TPSA) is 93.1 Å². The minimum Gasteiger partial charge on any atom is -0.465 e. The zero-order valence-electron chi connectivity index (χ0n) is 22.8. The number of ether oxygens (including phenoxy) is 2. The molecular weight excluding hydrogens is 492 g/mol. The molecular formula is C33H40O6. The Morgan fingerprint density at radius 2 is 1.33 bits per heavy atom. The lowest BCUT2D eigenvalue weighted by molar-refractivity contribution is -0.156. The predicted octanol–water partition coefficient (Wildman–Crippen LogP) is 5.46. The minimum atomic E-state index is -0.977. The van der Waals surface area contributed by atoms with Gasteiger partial charge in [-0.15, -0.1) is 0 Å². The fraction of sp³-hybridized carbons (Fsp3) is 0.394. The van der Waals surface area contributed by atoms with Crippen molar-refractivity contribution in [3.8, 4) is 0 Å². The van der Waals surface area contributed by atoms with Gasteiger partial charge in [0, 0.05) is 0 Å². The number of esters is 2. The molecule has 0 heterocycles. The number of unbranched alkanes of at least 4 members (excludes halogenated alkanes) is 3. The third-order valence-electron chi connectivity index (χ3n) is 6.94. The summed E-state index contributed by atoms with van der Waals surface area (Å²) in [5.41, 5.74) is 4.97. The first-order valence-corrected chi connectivity index (χ1v) is 13.7. The Balaban J connectivity index is 1.36. The molecule has 0 aliphatic rings. The van der Waals surface area contributed by atoms with E-state index < -0.39 is 24.6 Å². The van der Waals surface area contributed by atoms with Gasteiger partial charge in [-0.25, -0.2) is 4.79 Å². The van der Waals surface area contributed by atoms with Gasteiger partial charge in [0.25, 0.3) is 0 Å². The van der Waals surface area contributed by atoms with Crippen LogP contribution in [0.2, 0.25) is 0 Å². The molecule has 0 unspecified atom stereocenters. The Kier molecular flexibility index (Phi) is 12.7. The van der Waals surface area contributed by atoms with Gasteiger partial charge in [-0.05, 0) is 72.9 Å². The summed E-state index contributed by atoms with van der Waals surface area (Å²) < 4.78 is 10.1. The quantitative estimate of drug-likeness (QED) is 0.188. The molecule has 3 aromatic rings. The molecule has 0 spiro atoms. The van der Waals surface area contributed by atoms with Crippen LogP contribution in [0.4, 0.5) is 0 Å². The van der Waals surface area contributed by atoms with Gasteiger partial charge in [-0.2, -0.15) is 0 Å². The van der Waals surface area contributed by atoms with Crippen molar-refractivity contribution in [2.45, 2.75) is 64.1 Å². The van der Waals surface area contributed by atoms with E-state index in [4.69, 9.17) is 9.47 Å². The van der Waals surface area contributed by atoms with Crippen LogP contribution < -0.4 is 0 Å². The van der Waals surface area contributed by atoms with Crippen LogP contribution in [0.3, 0.4) is 0 Å². The number of aryl methyl sites for hydroxylation is 3. The number of benzene rings is 3. The lowest BCUT2D eigenvalue weighted by atomic mass is 9.95. The fourth-order valence-electron chi connectivity index (χ4n) is 4.63. The second-order valence-corrected chi connectivity index (χ2v) is 9.91. The van der Waals surface area contributed by atoms with E-state index in [9.17, 15) is 19.8 Å². The standard InChI is InChI=1S/C33H40O6/c1-38-32(36)29-18-10-17-26(22-29)12-6-3-2-5-11-25-15-9-16-27(21-25)19-20-31(35)30(23-34)33(37)39-24-28-13-7-4-8-14-28/h4,7-10,13-18,21-22,30-31,34-35H,2-3,5-6,11-12,19-20,23-24H2,1H3/t30-,31-/m1/s1. The van der Waals surface area contributed by atoms with Crippen molar-refractivity contribution in [1.29, 1.82) is 0 Å². The second kappa shape index (κ2) is 16.5. The summed E-state index contributed by atoms with van der Waals surface area (Å²) in [5.74, 6) is -1.85. The second-order valence-electron chi connectivity index (χ2n) is 9.91. The molecule has 39 heavy (non-hydrogen) atoms. The van der Waals surface area contributed by atoms with Gasteiger partial charge in [0.2, 0.25) is 0 Å². The van der Waals surface area contributed by atoms with Crippen LogP contribution in [0.5, 0.6) is 0 Å². The molecule has 0 saturated carbocycles. The largest absolute Gasteiger partial charge is 0.465 e. The van der Waals surface area contributed by atoms with Crippen molar-refractivity contribution in [3.05, 3.63) is 107 Å². The summed E-state index contributed by atoms with van der Waals surface area (Å²) in [6.07, 6.45) is 6.34. The zero-order chi connectivity index (χ0) is 27.9. The molecule has 0 fully saturated rings. The maximum atomic E-state index is 12.4. The first kappa shape index (κ1) is 30.1. The number of hydrogen-bond donors (Lipinski definition) is 2. The van der Waals surface area contributed by atoms with Crippen LogP contribution in [0, 0.1) is 5.92 Å². The average Bonchev–Trinajstić information content (AvgIpc) is 2.97. The predicted molar refractivity (Wildman–Crippen MR) is 151 cm³/mol. The zero-order valence-corrected chi connectivity index (χ0v) is 22.8. The SMILES string of the molecule is COC(=O)c1cccc(CCCCCCc2cccc(CC[C@@H](O)[C@@H](CO)C(=O)OCc3ccccc3)c2)c1. The number of hydrogen-bond acceptors (Lipinski definition) is 6. The molecule has 3 aromatic carbocycles. The van der Waals surface area contributed by atoms with Crippen molar-refractivity contribution in [1.82, 2.24) is 0 Å². The molecule has 0 bridgehead atoms. The summed E-state index contributed by atoms with van der Waals surface area (Å²) in [7, 11) is 1.40. The smallest absolute Gasteiger partial charge is 0.337 e. The normalized spacial score (nSPS) is 12.5. The van der Waals surface area contributed by atoms with Crippen LogP contribution in [0.15, 0.2) is 78.9 Å². The molecule has 6 nitrogen and oxygen atoms in total. The van der Waals surface area contributed by atoms with Crippen LogP contribution in [0.25, 0.3) is 0 Å². The molecule has 0 aromatic heterocycles. The van der Waals surface area contributed by atoms with Crippen LogP contribution >= 0.6 is 0 Å². The molecule has 0 radical (unpaired) electrons. The Labute approximate surface area is 231 Å². The van der Waals surface area contributed by atoms with E-state index in [1.807, 2.05) is 60.7 Å². The van der Waals surface area contributed by atoms with Crippen molar-refractivity contribution in [2.24, 2.45) is 5.92 Å². The molecule has 0 amide bonds. The molecule has 0 saturated heterocycles. The maximum absolute atomic E-state index is 12.4. The van der Waals surface area contributed by atoms with Crippen molar-refractivity contribution in [2.75, 3.05) is 13.7 Å². The molecule has 0 aliphatic carbocycles. The summed E-state index contributed by atoms with van der Waals surface area (Å²) in [6.45, 7) is -0.334. The van der Waals surface area contributed by atoms with E-state index in [1.54, 1.807) is 6.07 Å². The summed E-state index contributed by atoms with van der Waals surface area (Å²) in [6, 6.07) is 25.3. The number of methoxy groups -OCH3 is 1. The van der Waals surface area contributed by atoms with Gasteiger partial charge >= 0.3 is 11.9 Å². The van der Waals surface area contributed by atoms with Gasteiger partial charge in [0.05, 0.1) is 25.4 Å². The van der Waals surface area contributed by atoms with Crippen LogP contribution in [-0.2, 0) is 40.1 Å². The average molecular weight is 533 g/mol. The third-order valence-corrected chi connectivity index (χ3v) is 6.94. The van der Waals surface area contributed by atoms with Crippen LogP contribution in [-0.4, -0.2) is 42.0 Å². The highest BCUT2D eigenvalue weighted by Gasteiger charge is 2.27. The van der Waals surface area contributed by atoms with Crippen molar-refractivity contribution in [3.63, 3.8) is 0 Å². The lowest BCUT2D eigenvalue weighted by Crippen LogP contribution is -2.33. The van der Waals surface area contributed by atoms with Gasteiger partial charge in [-0.1, -0.05) is 79.6 Å². The Morgan fingerprint density at radius 3 is 1.97 bits per heavy atom. The van der Waals surface area contributed by atoms with E-state index in [1.165, 1.54) is 12.7 Å². The number of rotatable bonds is 16. The number of aliphatic hydroxyl groups excluding tert-OH is 2. The monoisotopic (exact) mass is 532 g/mol. The first-order valence-electron chi connectivity index (χ1n) is 13.7. The molecule has 0 aliphatic heterocycles. The summed E-state index contributed by atoms with van der Waals surface area (Å²) in [5, 5.41) is 20.3. The van der Waals surface area contributed by atoms with Gasteiger partial charge < -0.3 is 19.7 Å². The molecule has 208 valence electrons. The minimum absolute atomic E-state index is 0.119. The maximum Gasteiger partial charge on any atom is 0.337 e.